The fourth-order valence-corrected chi connectivity index (χ4v) is 3.82. The van der Waals surface area contributed by atoms with E-state index < -0.39 is 53.2 Å². The topological polar surface area (TPSA) is 201 Å². The van der Waals surface area contributed by atoms with E-state index in [1.54, 1.807) is 0 Å². The summed E-state index contributed by atoms with van der Waals surface area (Å²) in [4.78, 5) is 12.6. The van der Waals surface area contributed by atoms with Crippen LogP contribution in [0.3, 0.4) is 0 Å². The van der Waals surface area contributed by atoms with E-state index in [0.717, 1.165) is 24.5 Å². The van der Waals surface area contributed by atoms with Crippen molar-refractivity contribution in [3.05, 3.63) is 47.5 Å². The van der Waals surface area contributed by atoms with E-state index in [9.17, 15) is 32.6 Å². The maximum Gasteiger partial charge on any atom is 0.310 e. The number of aliphatic imine (C=N–C) groups is 1. The molecule has 2 aromatic rings. The maximum atomic E-state index is 13.0. The second-order valence-electron chi connectivity index (χ2n) is 6.73. The number of carbonyl (C=O) groups is 1. The van der Waals surface area contributed by atoms with Crippen LogP contribution in [0.5, 0.6) is 11.5 Å². The van der Waals surface area contributed by atoms with Gasteiger partial charge in [-0.3, -0.25) is 10.2 Å². The van der Waals surface area contributed by atoms with Crippen LogP contribution in [0, 0.1) is 12.3 Å². The third-order valence-electron chi connectivity index (χ3n) is 3.63. The lowest BCUT2D eigenvalue weighted by Gasteiger charge is -2.40. The van der Waals surface area contributed by atoms with Crippen molar-refractivity contribution < 1.29 is 37.4 Å². The fraction of sp³-hybridized carbons (Fsp3) is 0.118. The van der Waals surface area contributed by atoms with Crippen LogP contribution in [0.1, 0.15) is 15.9 Å². The first-order valence-electron chi connectivity index (χ1n) is 8.61. The number of nitrogens with zero attached hydrogens (tertiary/aromatic N) is 1. The highest BCUT2D eigenvalue weighted by Gasteiger charge is 2.65. The van der Waals surface area contributed by atoms with Gasteiger partial charge in [-0.25, -0.2) is 8.42 Å². The van der Waals surface area contributed by atoms with Crippen molar-refractivity contribution in [1.82, 2.24) is 0 Å². The van der Waals surface area contributed by atoms with Crippen molar-refractivity contribution in [3.63, 3.8) is 0 Å². The van der Waals surface area contributed by atoms with Gasteiger partial charge in [0.1, 0.15) is 21.3 Å². The Morgan fingerprint density at radius 2 is 1.54 bits per heavy atom. The summed E-state index contributed by atoms with van der Waals surface area (Å²) >= 11 is 0. The summed E-state index contributed by atoms with van der Waals surface area (Å²) in [6.07, 6.45) is 0.754. The van der Waals surface area contributed by atoms with Gasteiger partial charge in [-0.15, -0.1) is 12.4 Å². The molecule has 18 heteroatoms. The number of rotatable bonds is 5. The molecule has 0 aliphatic heterocycles. The minimum atomic E-state index is -9.98. The molecule has 0 aromatic heterocycles. The van der Waals surface area contributed by atoms with E-state index in [1.807, 2.05) is 0 Å². The Morgan fingerprint density at radius 1 is 1.03 bits per heavy atom. The van der Waals surface area contributed by atoms with Gasteiger partial charge in [0.25, 0.3) is 5.91 Å². The first-order valence-corrected chi connectivity index (χ1v) is 12.5. The van der Waals surface area contributed by atoms with Crippen LogP contribution >= 0.6 is 22.6 Å². The zero-order chi connectivity index (χ0) is 26.8. The first-order chi connectivity index (χ1) is 15.0. The summed E-state index contributed by atoms with van der Waals surface area (Å²) in [7, 11) is -14.0. The lowest BCUT2D eigenvalue weighted by Crippen LogP contribution is -2.24. The summed E-state index contributed by atoms with van der Waals surface area (Å²) in [5.74, 6) is -3.04. The number of halogens is 6. The molecule has 9 N–H and O–H groups in total. The van der Waals surface area contributed by atoms with Crippen LogP contribution in [0.15, 0.2) is 51.2 Å². The van der Waals surface area contributed by atoms with E-state index in [1.165, 1.54) is 6.92 Å². The molecule has 0 radical (unpaired) electrons. The molecule has 35 heavy (non-hydrogen) atoms. The van der Waals surface area contributed by atoms with E-state index in [4.69, 9.17) is 21.6 Å². The average Bonchev–Trinajstić information content (AvgIpc) is 2.57. The van der Waals surface area contributed by atoms with Gasteiger partial charge in [0.15, 0.2) is 21.8 Å². The molecule has 0 saturated carbocycles. The van der Waals surface area contributed by atoms with E-state index >= 15 is 0 Å². The summed E-state index contributed by atoms with van der Waals surface area (Å²) in [5.41, 5.74) is 19.1. The van der Waals surface area contributed by atoms with Gasteiger partial charge in [0.2, 0.25) is 0 Å². The normalized spacial score (nSPS) is 13.0. The Bertz CT molecular complexity index is 1280. The van der Waals surface area contributed by atoms with Crippen LogP contribution < -0.4 is 27.7 Å². The van der Waals surface area contributed by atoms with E-state index in [-0.39, 0.29) is 41.6 Å². The van der Waals surface area contributed by atoms with E-state index in [0.29, 0.717) is 6.07 Å². The first kappa shape index (κ1) is 31.7. The highest BCUT2D eigenvalue weighted by Crippen LogP contribution is 3.02. The summed E-state index contributed by atoms with van der Waals surface area (Å²) in [6.45, 7) is 1.36. The summed E-state index contributed by atoms with van der Waals surface area (Å²) in [5, 5.41) is 6.06. The van der Waals surface area contributed by atoms with Crippen molar-refractivity contribution in [2.45, 2.75) is 16.7 Å². The Hall–Kier alpha value is -3.31. The molecular weight excluding hydrogens is 547 g/mol. The lowest BCUT2D eigenvalue weighted by molar-refractivity contribution is 0.100. The zero-order valence-electron chi connectivity index (χ0n) is 18.0. The number of nitrogens with one attached hydrogen (secondary N) is 1. The second-order valence-corrected chi connectivity index (χ2v) is 11.1. The summed E-state index contributed by atoms with van der Waals surface area (Å²) in [6, 6.07) is 3.77. The van der Waals surface area contributed by atoms with Crippen LogP contribution in [0.2, 0.25) is 0 Å². The Morgan fingerprint density at radius 3 is 1.97 bits per heavy atom. The molecule has 0 spiro atoms. The number of benzene rings is 2. The van der Waals surface area contributed by atoms with Crippen LogP contribution in [0.4, 0.5) is 19.4 Å². The largest absolute Gasteiger partial charge is 0.456 e. The smallest absolute Gasteiger partial charge is 0.310 e. The molecule has 2 aromatic carbocycles. The third-order valence-corrected chi connectivity index (χ3v) is 5.89. The predicted molar refractivity (Wildman–Crippen MR) is 126 cm³/mol. The minimum Gasteiger partial charge on any atom is -0.456 e. The Labute approximate surface area is 203 Å². The molecule has 1 amide bonds. The van der Waals surface area contributed by atoms with Crippen LogP contribution in [0.25, 0.3) is 0 Å². The van der Waals surface area contributed by atoms with Crippen molar-refractivity contribution in [3.8, 4) is 11.5 Å². The van der Waals surface area contributed by atoms with Gasteiger partial charge in [-0.05, 0) is 36.8 Å². The molecule has 10 nitrogen and oxygen atoms in total. The van der Waals surface area contributed by atoms with Crippen LogP contribution in [-0.4, -0.2) is 32.5 Å². The van der Waals surface area contributed by atoms with Gasteiger partial charge in [0, 0.05) is 17.9 Å². The number of amides is 1. The lowest BCUT2D eigenvalue weighted by atomic mass is 10.1. The van der Waals surface area contributed by atoms with E-state index in [2.05, 4.69) is 16.5 Å². The monoisotopic (exact) mass is 568 g/mol. The molecule has 2 rings (SSSR count). The van der Waals surface area contributed by atoms with Crippen molar-refractivity contribution in [1.29, 1.82) is 5.41 Å². The Kier molecular flexibility index (Phi) is 8.82. The predicted octanol–water partition coefficient (Wildman–Crippen LogP) is 3.52. The molecule has 0 unspecified atom stereocenters. The molecule has 0 aliphatic rings. The molecule has 0 bridgehead atoms. The van der Waals surface area contributed by atoms with Gasteiger partial charge >= 0.3 is 10.2 Å². The average molecular weight is 569 g/mol. The zero-order valence-corrected chi connectivity index (χ0v) is 20.4. The number of sulfone groups is 1. The number of hydrogen-bond acceptors (Lipinski definition) is 5. The fourth-order valence-electron chi connectivity index (χ4n) is 2.34. The molecular formula is C17H22ClF5N6O4S2. The summed E-state index contributed by atoms with van der Waals surface area (Å²) < 4.78 is 94.5. The molecule has 0 heterocycles. The van der Waals surface area contributed by atoms with Gasteiger partial charge in [-0.1, -0.05) is 25.5 Å². The quantitative estimate of drug-likeness (QED) is 0.205. The van der Waals surface area contributed by atoms with Crippen molar-refractivity contribution in [2.24, 2.45) is 27.9 Å². The van der Waals surface area contributed by atoms with Crippen LogP contribution in [-0.2, 0) is 9.84 Å². The standard InChI is InChI=1S/C16H16F5N3O4S2.CH5N3.ClH/c1-9-6-13(14(29(2,26)27)8-12(9)15(25)24-16(22)23)28-10-4-3-5-11(7-10)30(17,18,19,20)21;2-1(3)4;/h3-8H,1-2H3,(H4,22,23,24,25);(H5,2,3,4);1H. The highest BCUT2D eigenvalue weighted by molar-refractivity contribution is 8.45. The van der Waals surface area contributed by atoms with Gasteiger partial charge < -0.3 is 27.7 Å². The number of ether oxygens (including phenoxy) is 1. The number of nitrogens with two attached hydrogens (primary N) is 4. The van der Waals surface area contributed by atoms with Crippen molar-refractivity contribution in [2.75, 3.05) is 6.26 Å². The highest BCUT2D eigenvalue weighted by atomic mass is 35.5. The minimum absolute atomic E-state index is 0. The van der Waals surface area contributed by atoms with Crippen molar-refractivity contribution >= 4 is 50.3 Å². The molecule has 198 valence electrons. The Balaban J connectivity index is 0.00000214. The van der Waals surface area contributed by atoms with Gasteiger partial charge in [-0.2, -0.15) is 4.99 Å². The number of hydrogen-bond donors (Lipinski definition) is 5. The molecule has 0 aliphatic carbocycles. The maximum absolute atomic E-state index is 13.0. The molecule has 0 saturated heterocycles. The third kappa shape index (κ3) is 9.83. The van der Waals surface area contributed by atoms with Gasteiger partial charge in [0.05, 0.1) is 0 Å². The second kappa shape index (κ2) is 9.74. The molecule has 0 fully saturated rings. The number of aryl methyl sites for hydroxylation is 1. The number of carbonyl (C=O) groups excluding carboxylic acids is 1. The SMILES string of the molecule is Cc1cc(Oc2cccc(S(F)(F)(F)(F)F)c2)c(S(C)(=O)=O)cc1C(=O)N=C(N)N.Cl.N=C(N)N. The molecule has 0 atom stereocenters. The number of guanidine groups is 2.